The molecule has 4 atom stereocenters. The molecular weight excluding hydrogens is 574 g/mol. The van der Waals surface area contributed by atoms with Crippen molar-refractivity contribution in [1.29, 1.82) is 0 Å². The maximum atomic E-state index is 13.5. The zero-order chi connectivity index (χ0) is 31.4. The van der Waals surface area contributed by atoms with E-state index in [2.05, 4.69) is 27.3 Å². The van der Waals surface area contributed by atoms with Crippen molar-refractivity contribution >= 4 is 53.1 Å². The molecule has 5 amide bonds. The highest BCUT2D eigenvalue weighted by Crippen LogP contribution is 2.19. The van der Waals surface area contributed by atoms with Crippen LogP contribution in [0.4, 0.5) is 0 Å². The minimum Gasteiger partial charge on any atom is -0.368 e. The van der Waals surface area contributed by atoms with Crippen molar-refractivity contribution in [2.75, 3.05) is 11.5 Å². The van der Waals surface area contributed by atoms with Gasteiger partial charge < -0.3 is 27.0 Å². The number of nitrogens with one attached hydrogen (secondary N) is 4. The van der Waals surface area contributed by atoms with Crippen LogP contribution in [-0.2, 0) is 35.5 Å². The van der Waals surface area contributed by atoms with Gasteiger partial charge in [0, 0.05) is 29.4 Å². The SMILES string of the molecule is CC[C@H](C)[C@@H]1NC(=O)[C@H](CC(C)C)NC(=O)C(C)(C)NC(=O)CCSCc2cccc(c2)CSCC(C(N)=O)NC1=O. The molecule has 1 unspecified atom stereocenters. The molecule has 12 heteroatoms. The summed E-state index contributed by atoms with van der Waals surface area (Å²) in [5.41, 5.74) is 6.57. The zero-order valence-electron chi connectivity index (χ0n) is 25.6. The molecule has 0 aliphatic carbocycles. The number of hydrogen-bond donors (Lipinski definition) is 5. The average molecular weight is 622 g/mol. The van der Waals surface area contributed by atoms with E-state index in [-0.39, 0.29) is 29.9 Å². The maximum Gasteiger partial charge on any atom is 0.245 e. The van der Waals surface area contributed by atoms with Crippen LogP contribution in [-0.4, -0.2) is 64.7 Å². The lowest BCUT2D eigenvalue weighted by molar-refractivity contribution is -0.136. The lowest BCUT2D eigenvalue weighted by Gasteiger charge is -2.31. The van der Waals surface area contributed by atoms with E-state index in [0.717, 1.165) is 16.9 Å². The van der Waals surface area contributed by atoms with E-state index in [1.54, 1.807) is 25.6 Å². The number of hydrogen-bond acceptors (Lipinski definition) is 7. The predicted octanol–water partition coefficient (Wildman–Crippen LogP) is 2.48. The van der Waals surface area contributed by atoms with E-state index in [9.17, 15) is 24.0 Å². The van der Waals surface area contributed by atoms with Gasteiger partial charge in [-0.25, -0.2) is 0 Å². The molecular formula is C30H47N5O5S2. The van der Waals surface area contributed by atoms with Crippen LogP contribution in [0.1, 0.15) is 71.9 Å². The molecule has 0 spiro atoms. The Bertz CT molecular complexity index is 1110. The largest absolute Gasteiger partial charge is 0.368 e. The summed E-state index contributed by atoms with van der Waals surface area (Å²) >= 11 is 3.10. The van der Waals surface area contributed by atoms with Crippen LogP contribution in [0.15, 0.2) is 24.3 Å². The van der Waals surface area contributed by atoms with Gasteiger partial charge in [0.1, 0.15) is 23.7 Å². The minimum absolute atomic E-state index is 0.0565. The number of amides is 5. The molecule has 2 rings (SSSR count). The number of carbonyl (C=O) groups excluding carboxylic acids is 5. The van der Waals surface area contributed by atoms with E-state index >= 15 is 0 Å². The third kappa shape index (κ3) is 11.5. The summed E-state index contributed by atoms with van der Waals surface area (Å²) in [5.74, 6) is -0.428. The Labute approximate surface area is 258 Å². The molecule has 1 aliphatic rings. The molecule has 0 aromatic heterocycles. The number of thioether (sulfide) groups is 2. The average Bonchev–Trinajstić information content (AvgIpc) is 2.91. The monoisotopic (exact) mass is 621 g/mol. The van der Waals surface area contributed by atoms with Crippen molar-refractivity contribution in [3.05, 3.63) is 35.4 Å². The van der Waals surface area contributed by atoms with Crippen LogP contribution in [0.5, 0.6) is 0 Å². The molecule has 0 saturated heterocycles. The third-order valence-electron chi connectivity index (χ3n) is 7.09. The van der Waals surface area contributed by atoms with Gasteiger partial charge in [-0.1, -0.05) is 58.4 Å². The van der Waals surface area contributed by atoms with Crippen LogP contribution < -0.4 is 27.0 Å². The predicted molar refractivity (Wildman–Crippen MR) is 170 cm³/mol. The second-order valence-electron chi connectivity index (χ2n) is 11.8. The van der Waals surface area contributed by atoms with E-state index in [4.69, 9.17) is 5.73 Å². The van der Waals surface area contributed by atoms with Crippen LogP contribution in [0, 0.1) is 11.8 Å². The van der Waals surface area contributed by atoms with Crippen LogP contribution in [0.25, 0.3) is 0 Å². The fourth-order valence-electron chi connectivity index (χ4n) is 4.38. The Morgan fingerprint density at radius 2 is 1.64 bits per heavy atom. The molecule has 10 nitrogen and oxygen atoms in total. The molecule has 234 valence electrons. The van der Waals surface area contributed by atoms with E-state index in [1.165, 1.54) is 11.8 Å². The van der Waals surface area contributed by atoms with Crippen molar-refractivity contribution in [2.45, 2.75) is 96.0 Å². The van der Waals surface area contributed by atoms with Gasteiger partial charge in [0.15, 0.2) is 0 Å². The number of primary amides is 1. The Kier molecular flexibility index (Phi) is 14.2. The van der Waals surface area contributed by atoms with Gasteiger partial charge in [0.05, 0.1) is 0 Å². The lowest BCUT2D eigenvalue weighted by Crippen LogP contribution is -2.61. The highest BCUT2D eigenvalue weighted by molar-refractivity contribution is 7.98. The summed E-state index contributed by atoms with van der Waals surface area (Å²) in [6.45, 7) is 10.8. The number of carbonyl (C=O) groups is 5. The molecule has 1 aliphatic heterocycles. The van der Waals surface area contributed by atoms with Gasteiger partial charge in [-0.3, -0.25) is 24.0 Å². The number of fused-ring (bicyclic) bond motifs is 2. The number of nitrogens with two attached hydrogens (primary N) is 1. The Morgan fingerprint density at radius 3 is 2.24 bits per heavy atom. The van der Waals surface area contributed by atoms with Crippen LogP contribution in [0.2, 0.25) is 0 Å². The molecule has 42 heavy (non-hydrogen) atoms. The third-order valence-corrected chi connectivity index (χ3v) is 9.23. The maximum absolute atomic E-state index is 13.5. The summed E-state index contributed by atoms with van der Waals surface area (Å²) in [7, 11) is 0. The second-order valence-corrected chi connectivity index (χ2v) is 13.9. The van der Waals surface area contributed by atoms with E-state index in [1.807, 2.05) is 45.9 Å². The topological polar surface area (TPSA) is 159 Å². The quantitative estimate of drug-likeness (QED) is 0.338. The van der Waals surface area contributed by atoms with Crippen molar-refractivity contribution < 1.29 is 24.0 Å². The van der Waals surface area contributed by atoms with Gasteiger partial charge in [-0.05, 0) is 43.2 Å². The van der Waals surface area contributed by atoms with Gasteiger partial charge in [-0.15, -0.1) is 0 Å². The fraction of sp³-hybridized carbons (Fsp3) is 0.633. The Balaban J connectivity index is 2.37. The van der Waals surface area contributed by atoms with Gasteiger partial charge in [0.25, 0.3) is 0 Å². The first-order valence-electron chi connectivity index (χ1n) is 14.5. The first kappa shape index (κ1) is 35.5. The number of rotatable bonds is 5. The summed E-state index contributed by atoms with van der Waals surface area (Å²) in [4.78, 5) is 65.1. The summed E-state index contributed by atoms with van der Waals surface area (Å²) in [6.07, 6.45) is 1.16. The second kappa shape index (κ2) is 16.8. The Morgan fingerprint density at radius 1 is 1.00 bits per heavy atom. The molecule has 1 heterocycles. The van der Waals surface area contributed by atoms with Crippen molar-refractivity contribution in [3.8, 4) is 0 Å². The molecule has 0 fully saturated rings. The molecule has 1 aromatic carbocycles. The minimum atomic E-state index is -1.26. The molecule has 6 N–H and O–H groups in total. The van der Waals surface area contributed by atoms with Crippen molar-refractivity contribution in [1.82, 2.24) is 21.3 Å². The zero-order valence-corrected chi connectivity index (χ0v) is 27.2. The highest BCUT2D eigenvalue weighted by Gasteiger charge is 2.35. The van der Waals surface area contributed by atoms with Gasteiger partial charge in [0.2, 0.25) is 29.5 Å². The number of benzene rings is 1. The molecule has 0 saturated carbocycles. The summed E-state index contributed by atoms with van der Waals surface area (Å²) in [5, 5.41) is 11.1. The van der Waals surface area contributed by atoms with Crippen molar-refractivity contribution in [3.63, 3.8) is 0 Å². The Hall–Kier alpha value is -2.73. The van der Waals surface area contributed by atoms with Crippen LogP contribution >= 0.6 is 23.5 Å². The lowest BCUT2D eigenvalue weighted by atomic mass is 9.96. The fourth-order valence-corrected chi connectivity index (χ4v) is 6.29. The van der Waals surface area contributed by atoms with E-state index in [0.29, 0.717) is 24.3 Å². The summed E-state index contributed by atoms with van der Waals surface area (Å²) < 4.78 is 0. The van der Waals surface area contributed by atoms with E-state index < -0.39 is 47.3 Å². The normalized spacial score (nSPS) is 24.2. The summed E-state index contributed by atoms with van der Waals surface area (Å²) in [6, 6.07) is 5.28. The standard InChI is InChI=1S/C30H47N5O5S2/c1-7-19(4)25-28(39)32-23(26(31)37)17-42-16-21-10-8-9-20(14-21)15-41-12-11-24(36)35-30(5,6)29(40)33-22(13-18(2)3)27(38)34-25/h8-10,14,18-19,22-23,25H,7,11-13,15-17H2,1-6H3,(H2,31,37)(H,32,39)(H,33,40)(H,34,38)(H,35,36)/t19-,22-,23?,25-/m0/s1. The smallest absolute Gasteiger partial charge is 0.245 e. The van der Waals surface area contributed by atoms with Crippen molar-refractivity contribution in [2.24, 2.45) is 17.6 Å². The molecule has 1 aromatic rings. The first-order valence-corrected chi connectivity index (χ1v) is 16.8. The highest BCUT2D eigenvalue weighted by atomic mass is 32.2. The van der Waals surface area contributed by atoms with Gasteiger partial charge >= 0.3 is 0 Å². The molecule has 2 bridgehead atoms. The van der Waals surface area contributed by atoms with Gasteiger partial charge in [-0.2, -0.15) is 23.5 Å². The first-order chi connectivity index (χ1) is 19.7. The van der Waals surface area contributed by atoms with Crippen LogP contribution in [0.3, 0.4) is 0 Å². The molecule has 0 radical (unpaired) electrons.